The van der Waals surface area contributed by atoms with Gasteiger partial charge in [-0.05, 0) is 12.1 Å². The predicted molar refractivity (Wildman–Crippen MR) is 56.8 cm³/mol. The van der Waals surface area contributed by atoms with Gasteiger partial charge in [0.1, 0.15) is 24.2 Å². The van der Waals surface area contributed by atoms with Gasteiger partial charge in [-0.3, -0.25) is 0 Å². The number of hydrogen-bond donors (Lipinski definition) is 1. The maximum Gasteiger partial charge on any atom is 0.166 e. The number of ether oxygens (including phenoxy) is 1. The van der Waals surface area contributed by atoms with Crippen LogP contribution in [-0.2, 0) is 0 Å². The third kappa shape index (κ3) is 2.29. The zero-order valence-corrected chi connectivity index (χ0v) is 8.72. The molecule has 2 aromatic rings. The summed E-state index contributed by atoms with van der Waals surface area (Å²) in [5.41, 5.74) is 0.640. The second-order valence-electron chi connectivity index (χ2n) is 2.81. The van der Waals surface area contributed by atoms with Crippen molar-refractivity contribution in [1.82, 2.24) is 21.1 Å². The first-order chi connectivity index (χ1) is 7.31. The van der Waals surface area contributed by atoms with E-state index >= 15 is 0 Å². The second kappa shape index (κ2) is 5.13. The minimum Gasteiger partial charge on any atom is -0.496 e. The third-order valence-corrected chi connectivity index (χ3v) is 1.90. The summed E-state index contributed by atoms with van der Waals surface area (Å²) in [6, 6.07) is 4.20. The van der Waals surface area contributed by atoms with Crippen LogP contribution in [0.25, 0.3) is 11.4 Å². The highest BCUT2D eigenvalue weighted by molar-refractivity contribution is 5.63. The van der Waals surface area contributed by atoms with E-state index < -0.39 is 0 Å². The third-order valence-electron chi connectivity index (χ3n) is 1.90. The van der Waals surface area contributed by atoms with Crippen molar-refractivity contribution >= 4 is 0 Å². The van der Waals surface area contributed by atoms with E-state index in [2.05, 4.69) is 15.0 Å². The molecule has 1 aromatic carbocycles. The molecule has 0 radical (unpaired) electrons. The molecule has 0 aliphatic heterocycles. The Balaban J connectivity index is 0.00000128. The number of hydrogen-bond acceptors (Lipinski definition) is 5. The molecule has 5 nitrogen and oxygen atoms in total. The molecule has 2 rings (SSSR count). The van der Waals surface area contributed by atoms with Gasteiger partial charge < -0.3 is 10.9 Å². The van der Waals surface area contributed by atoms with Crippen LogP contribution in [0.1, 0.15) is 0 Å². The predicted octanol–water partition coefficient (Wildman–Crippen LogP) is 1.85. The number of halogens is 1. The van der Waals surface area contributed by atoms with Crippen LogP contribution in [0.4, 0.5) is 4.39 Å². The Morgan fingerprint density at radius 3 is 2.50 bits per heavy atom. The molecule has 3 N–H and O–H groups in total. The molecule has 0 spiro atoms. The topological polar surface area (TPSA) is 82.9 Å². The van der Waals surface area contributed by atoms with Gasteiger partial charge in [-0.25, -0.2) is 19.3 Å². The number of rotatable bonds is 2. The van der Waals surface area contributed by atoms with Crippen LogP contribution in [0.15, 0.2) is 30.9 Å². The smallest absolute Gasteiger partial charge is 0.166 e. The number of methoxy groups -OCH3 is 1. The van der Waals surface area contributed by atoms with Gasteiger partial charge in [0.25, 0.3) is 0 Å². The maximum atomic E-state index is 12.9. The van der Waals surface area contributed by atoms with Crippen molar-refractivity contribution in [3.8, 4) is 17.1 Å². The van der Waals surface area contributed by atoms with Crippen LogP contribution in [0.2, 0.25) is 0 Å². The summed E-state index contributed by atoms with van der Waals surface area (Å²) in [6.07, 6.45) is 2.76. The van der Waals surface area contributed by atoms with Gasteiger partial charge in [0.15, 0.2) is 5.82 Å². The molecule has 84 valence electrons. The molecule has 0 aliphatic rings. The zero-order chi connectivity index (χ0) is 10.7. The van der Waals surface area contributed by atoms with E-state index in [-0.39, 0.29) is 12.0 Å². The highest BCUT2D eigenvalue weighted by Gasteiger charge is 2.08. The Hall–Kier alpha value is -2.08. The summed E-state index contributed by atoms with van der Waals surface area (Å²) < 4.78 is 18.0. The molecule has 0 fully saturated rings. The van der Waals surface area contributed by atoms with Gasteiger partial charge in [0, 0.05) is 6.07 Å². The van der Waals surface area contributed by atoms with Gasteiger partial charge in [-0.1, -0.05) is 0 Å². The standard InChI is InChI=1S/C10H8FN3O.H3N/c1-15-9-4-7(11)2-3-8(9)10-13-5-12-6-14-10;/h2-6H,1H3;1H3. The van der Waals surface area contributed by atoms with Crippen LogP contribution in [-0.4, -0.2) is 22.1 Å². The van der Waals surface area contributed by atoms with Crippen molar-refractivity contribution in [2.24, 2.45) is 0 Å². The number of aromatic nitrogens is 3. The SMILES string of the molecule is COc1cc(F)ccc1-c1ncncn1.N. The van der Waals surface area contributed by atoms with E-state index in [1.807, 2.05) is 0 Å². The molecule has 0 unspecified atom stereocenters. The summed E-state index contributed by atoms with van der Waals surface area (Å²) in [6.45, 7) is 0. The van der Waals surface area contributed by atoms with Crippen molar-refractivity contribution in [3.63, 3.8) is 0 Å². The molecule has 0 saturated carbocycles. The lowest BCUT2D eigenvalue weighted by Crippen LogP contribution is -1.93. The Morgan fingerprint density at radius 2 is 1.88 bits per heavy atom. The summed E-state index contributed by atoms with van der Waals surface area (Å²) in [5.74, 6) is 0.507. The molecule has 16 heavy (non-hydrogen) atoms. The number of nitrogens with zero attached hydrogens (tertiary/aromatic N) is 3. The lowest BCUT2D eigenvalue weighted by atomic mass is 10.2. The van der Waals surface area contributed by atoms with Crippen LogP contribution in [0, 0.1) is 5.82 Å². The van der Waals surface area contributed by atoms with Gasteiger partial charge in [-0.15, -0.1) is 0 Å². The van der Waals surface area contributed by atoms with Crippen LogP contribution in [0.5, 0.6) is 5.75 Å². The molecular weight excluding hydrogens is 211 g/mol. The van der Waals surface area contributed by atoms with Gasteiger partial charge in [0.2, 0.25) is 0 Å². The Labute approximate surface area is 91.9 Å². The van der Waals surface area contributed by atoms with Crippen molar-refractivity contribution in [2.45, 2.75) is 0 Å². The van der Waals surface area contributed by atoms with Gasteiger partial charge >= 0.3 is 0 Å². The van der Waals surface area contributed by atoms with Crippen LogP contribution < -0.4 is 10.9 Å². The molecule has 0 bridgehead atoms. The maximum absolute atomic E-state index is 12.9. The molecule has 0 aliphatic carbocycles. The summed E-state index contributed by atoms with van der Waals surface area (Å²) in [4.78, 5) is 11.6. The average molecular weight is 222 g/mol. The molecule has 6 heteroatoms. The van der Waals surface area contributed by atoms with E-state index in [9.17, 15) is 4.39 Å². The Bertz CT molecular complexity index is 464. The van der Waals surface area contributed by atoms with Gasteiger partial charge in [0.05, 0.1) is 12.7 Å². The first-order valence-corrected chi connectivity index (χ1v) is 4.27. The first kappa shape index (κ1) is 12.0. The van der Waals surface area contributed by atoms with E-state index in [1.54, 1.807) is 6.07 Å². The van der Waals surface area contributed by atoms with Crippen molar-refractivity contribution in [1.29, 1.82) is 0 Å². The summed E-state index contributed by atoms with van der Waals surface area (Å²) >= 11 is 0. The van der Waals surface area contributed by atoms with Crippen molar-refractivity contribution in [2.75, 3.05) is 7.11 Å². The summed E-state index contributed by atoms with van der Waals surface area (Å²) in [5, 5.41) is 0. The Kier molecular flexibility index (Phi) is 3.84. The minimum absolute atomic E-state index is 0. The lowest BCUT2D eigenvalue weighted by Gasteiger charge is -2.06. The fourth-order valence-corrected chi connectivity index (χ4v) is 1.23. The largest absolute Gasteiger partial charge is 0.496 e. The molecule has 1 aromatic heterocycles. The van der Waals surface area contributed by atoms with E-state index in [0.717, 1.165) is 0 Å². The molecule has 0 saturated heterocycles. The zero-order valence-electron chi connectivity index (χ0n) is 8.72. The van der Waals surface area contributed by atoms with E-state index in [4.69, 9.17) is 4.74 Å². The highest BCUT2D eigenvalue weighted by atomic mass is 19.1. The van der Waals surface area contributed by atoms with Crippen molar-refractivity contribution in [3.05, 3.63) is 36.7 Å². The fourth-order valence-electron chi connectivity index (χ4n) is 1.23. The molecule has 0 amide bonds. The second-order valence-corrected chi connectivity index (χ2v) is 2.81. The van der Waals surface area contributed by atoms with Crippen LogP contribution in [0.3, 0.4) is 0 Å². The molecular formula is C10H11FN4O. The van der Waals surface area contributed by atoms with Crippen molar-refractivity contribution < 1.29 is 9.13 Å². The normalized spacial score (nSPS) is 9.38. The first-order valence-electron chi connectivity index (χ1n) is 4.27. The fraction of sp³-hybridized carbons (Fsp3) is 0.100. The monoisotopic (exact) mass is 222 g/mol. The molecule has 1 heterocycles. The average Bonchev–Trinajstić information content (AvgIpc) is 2.30. The van der Waals surface area contributed by atoms with Gasteiger partial charge in [-0.2, -0.15) is 0 Å². The van der Waals surface area contributed by atoms with E-state index in [0.29, 0.717) is 17.1 Å². The molecule has 0 atom stereocenters. The lowest BCUT2D eigenvalue weighted by molar-refractivity contribution is 0.412. The highest BCUT2D eigenvalue weighted by Crippen LogP contribution is 2.27. The van der Waals surface area contributed by atoms with E-state index in [1.165, 1.54) is 31.9 Å². The number of benzene rings is 1. The minimum atomic E-state index is -0.357. The quantitative estimate of drug-likeness (QED) is 0.838. The Morgan fingerprint density at radius 1 is 1.19 bits per heavy atom. The van der Waals surface area contributed by atoms with Crippen LogP contribution >= 0.6 is 0 Å². The summed E-state index contributed by atoms with van der Waals surface area (Å²) in [7, 11) is 1.47.